The number of carbonyl (C=O) groups is 1. The molecule has 0 aromatic carbocycles. The second-order valence-corrected chi connectivity index (χ2v) is 7.12. The summed E-state index contributed by atoms with van der Waals surface area (Å²) in [6.07, 6.45) is 4.28. The second-order valence-electron chi connectivity index (χ2n) is 4.34. The summed E-state index contributed by atoms with van der Waals surface area (Å²) in [5, 5.41) is 10.0. The van der Waals surface area contributed by atoms with Gasteiger partial charge in [0.15, 0.2) is 0 Å². The molecule has 2 atom stereocenters. The van der Waals surface area contributed by atoms with E-state index in [1.807, 2.05) is 40.3 Å². The summed E-state index contributed by atoms with van der Waals surface area (Å²) in [7, 11) is 3.93. The third kappa shape index (κ3) is 5.10. The summed E-state index contributed by atoms with van der Waals surface area (Å²) in [6, 6.07) is -0.288. The summed E-state index contributed by atoms with van der Waals surface area (Å²) >= 11 is 0. The number of aliphatic carboxylic acids is 1. The van der Waals surface area contributed by atoms with Crippen molar-refractivity contribution in [3.63, 3.8) is 0 Å². The van der Waals surface area contributed by atoms with Crippen molar-refractivity contribution in [3.05, 3.63) is 0 Å². The minimum Gasteiger partial charge on any atom is -0.480 e. The van der Waals surface area contributed by atoms with Crippen LogP contribution in [0.5, 0.6) is 0 Å². The fourth-order valence-electron chi connectivity index (χ4n) is 2.23. The van der Waals surface area contributed by atoms with Crippen LogP contribution in [0.2, 0.25) is 0 Å². The molecule has 0 aromatic rings. The molecule has 1 N–H and O–H groups in total. The van der Waals surface area contributed by atoms with Crippen molar-refractivity contribution in [1.82, 2.24) is 4.90 Å². The fraction of sp³-hybridized carbons (Fsp3) is 0.917. The standard InChI is InChI=1S/C12H23NO2S2/c1-3-13(4-2)11(12(14)15)7-5-6-10-8-9-16-17-10/h10-11H,3-9H2,1-2H3,(H,14,15). The van der Waals surface area contributed by atoms with E-state index in [1.54, 1.807) is 0 Å². The molecule has 5 heteroatoms. The van der Waals surface area contributed by atoms with Crippen LogP contribution in [0.15, 0.2) is 0 Å². The SMILES string of the molecule is CCN(CC)C(CCCC1CCSS1)C(=O)O. The first kappa shape index (κ1) is 15.2. The largest absolute Gasteiger partial charge is 0.480 e. The smallest absolute Gasteiger partial charge is 0.320 e. The zero-order valence-corrected chi connectivity index (χ0v) is 12.4. The highest BCUT2D eigenvalue weighted by molar-refractivity contribution is 8.77. The van der Waals surface area contributed by atoms with Gasteiger partial charge in [-0.2, -0.15) is 0 Å². The Labute approximate surface area is 112 Å². The van der Waals surface area contributed by atoms with Crippen LogP contribution in [0.1, 0.15) is 39.5 Å². The minimum absolute atomic E-state index is 0.288. The van der Waals surface area contributed by atoms with E-state index in [-0.39, 0.29) is 6.04 Å². The molecule has 0 spiro atoms. The van der Waals surface area contributed by atoms with E-state index in [2.05, 4.69) is 0 Å². The Morgan fingerprint density at radius 1 is 1.47 bits per heavy atom. The molecule has 0 aromatic heterocycles. The Morgan fingerprint density at radius 2 is 2.18 bits per heavy atom. The molecule has 0 bridgehead atoms. The lowest BCUT2D eigenvalue weighted by Gasteiger charge is -2.26. The van der Waals surface area contributed by atoms with Crippen LogP contribution in [0.25, 0.3) is 0 Å². The highest BCUT2D eigenvalue weighted by Crippen LogP contribution is 2.39. The first-order valence-corrected chi connectivity index (χ1v) is 8.82. The van der Waals surface area contributed by atoms with Gasteiger partial charge in [0.2, 0.25) is 0 Å². The molecular weight excluding hydrogens is 254 g/mol. The average Bonchev–Trinajstić information content (AvgIpc) is 2.81. The Kier molecular flexibility index (Phi) is 7.39. The van der Waals surface area contributed by atoms with E-state index in [1.165, 1.54) is 18.6 Å². The van der Waals surface area contributed by atoms with Crippen molar-refractivity contribution in [3.8, 4) is 0 Å². The lowest BCUT2D eigenvalue weighted by atomic mass is 10.1. The van der Waals surface area contributed by atoms with Crippen LogP contribution in [0.3, 0.4) is 0 Å². The van der Waals surface area contributed by atoms with E-state index >= 15 is 0 Å². The molecule has 0 saturated carbocycles. The average molecular weight is 277 g/mol. The van der Waals surface area contributed by atoms with Crippen LogP contribution in [-0.4, -0.2) is 46.1 Å². The molecule has 0 amide bonds. The Balaban J connectivity index is 2.30. The maximum atomic E-state index is 11.2. The van der Waals surface area contributed by atoms with Crippen LogP contribution in [-0.2, 0) is 4.79 Å². The molecule has 100 valence electrons. The van der Waals surface area contributed by atoms with Crippen molar-refractivity contribution >= 4 is 27.6 Å². The molecule has 0 radical (unpaired) electrons. The Hall–Kier alpha value is 0.130. The van der Waals surface area contributed by atoms with Gasteiger partial charge in [-0.05, 0) is 32.4 Å². The lowest BCUT2D eigenvalue weighted by Crippen LogP contribution is -2.41. The molecule has 1 aliphatic heterocycles. The highest BCUT2D eigenvalue weighted by Gasteiger charge is 2.24. The number of nitrogens with zero attached hydrogens (tertiary/aromatic N) is 1. The molecule has 0 aliphatic carbocycles. The van der Waals surface area contributed by atoms with Crippen LogP contribution in [0, 0.1) is 0 Å². The maximum Gasteiger partial charge on any atom is 0.320 e. The van der Waals surface area contributed by atoms with Gasteiger partial charge in [0, 0.05) is 11.0 Å². The van der Waals surface area contributed by atoms with Crippen molar-refractivity contribution in [1.29, 1.82) is 0 Å². The molecule has 1 aliphatic rings. The van der Waals surface area contributed by atoms with Gasteiger partial charge in [-0.15, -0.1) is 0 Å². The second kappa shape index (κ2) is 8.27. The lowest BCUT2D eigenvalue weighted by molar-refractivity contribution is -0.143. The van der Waals surface area contributed by atoms with Gasteiger partial charge in [-0.25, -0.2) is 0 Å². The van der Waals surface area contributed by atoms with E-state index in [4.69, 9.17) is 0 Å². The van der Waals surface area contributed by atoms with Crippen LogP contribution < -0.4 is 0 Å². The molecule has 2 unspecified atom stereocenters. The van der Waals surface area contributed by atoms with Gasteiger partial charge in [-0.3, -0.25) is 9.69 Å². The Morgan fingerprint density at radius 3 is 2.65 bits per heavy atom. The minimum atomic E-state index is -0.665. The normalized spacial score (nSPS) is 21.9. The summed E-state index contributed by atoms with van der Waals surface area (Å²) in [5.74, 6) is 0.593. The van der Waals surface area contributed by atoms with Crippen LogP contribution in [0.4, 0.5) is 0 Å². The quantitative estimate of drug-likeness (QED) is 0.690. The summed E-state index contributed by atoms with van der Waals surface area (Å²) in [4.78, 5) is 13.3. The third-order valence-corrected chi connectivity index (χ3v) is 6.28. The molecule has 1 rings (SSSR count). The molecular formula is C12H23NO2S2. The predicted molar refractivity (Wildman–Crippen MR) is 76.6 cm³/mol. The maximum absolute atomic E-state index is 11.2. The van der Waals surface area contributed by atoms with Gasteiger partial charge < -0.3 is 5.11 Å². The van der Waals surface area contributed by atoms with Crippen molar-refractivity contribution < 1.29 is 9.90 Å². The van der Waals surface area contributed by atoms with Gasteiger partial charge in [-0.1, -0.05) is 41.9 Å². The summed E-state index contributed by atoms with van der Waals surface area (Å²) in [5.41, 5.74) is 0. The van der Waals surface area contributed by atoms with Crippen molar-refractivity contribution in [2.24, 2.45) is 0 Å². The number of carboxylic acids is 1. The monoisotopic (exact) mass is 277 g/mol. The highest BCUT2D eigenvalue weighted by atomic mass is 33.1. The number of rotatable bonds is 8. The number of carboxylic acid groups (broad SMARTS) is 1. The van der Waals surface area contributed by atoms with Gasteiger partial charge >= 0.3 is 5.97 Å². The Bertz CT molecular complexity index is 229. The zero-order chi connectivity index (χ0) is 12.7. The fourth-order valence-corrected chi connectivity index (χ4v) is 5.26. The molecule has 1 saturated heterocycles. The van der Waals surface area contributed by atoms with E-state index in [9.17, 15) is 9.90 Å². The molecule has 17 heavy (non-hydrogen) atoms. The summed E-state index contributed by atoms with van der Waals surface area (Å²) in [6.45, 7) is 5.70. The molecule has 1 fully saturated rings. The topological polar surface area (TPSA) is 40.5 Å². The number of likely N-dealkylation sites (N-methyl/N-ethyl adjacent to an activating group) is 1. The van der Waals surface area contributed by atoms with Gasteiger partial charge in [0.05, 0.1) is 0 Å². The van der Waals surface area contributed by atoms with E-state index in [0.29, 0.717) is 0 Å². The van der Waals surface area contributed by atoms with E-state index in [0.717, 1.165) is 31.2 Å². The van der Waals surface area contributed by atoms with Gasteiger partial charge in [0.1, 0.15) is 6.04 Å². The zero-order valence-electron chi connectivity index (χ0n) is 10.7. The van der Waals surface area contributed by atoms with Gasteiger partial charge in [0.25, 0.3) is 0 Å². The van der Waals surface area contributed by atoms with Crippen LogP contribution >= 0.6 is 21.6 Å². The first-order valence-electron chi connectivity index (χ1n) is 6.44. The number of hydrogen-bond donors (Lipinski definition) is 1. The summed E-state index contributed by atoms with van der Waals surface area (Å²) < 4.78 is 0. The van der Waals surface area contributed by atoms with Crippen molar-refractivity contribution in [2.45, 2.75) is 50.8 Å². The first-order chi connectivity index (χ1) is 8.19. The van der Waals surface area contributed by atoms with E-state index < -0.39 is 5.97 Å². The number of hydrogen-bond acceptors (Lipinski definition) is 4. The van der Waals surface area contributed by atoms with Crippen molar-refractivity contribution in [2.75, 3.05) is 18.8 Å². The molecule has 3 nitrogen and oxygen atoms in total. The molecule has 1 heterocycles. The third-order valence-electron chi connectivity index (χ3n) is 3.27. The predicted octanol–water partition coefficient (Wildman–Crippen LogP) is 3.11.